The van der Waals surface area contributed by atoms with Gasteiger partial charge in [-0.25, -0.2) is 8.42 Å². The number of nitrogens with one attached hydrogen (secondary N) is 1. The first-order chi connectivity index (χ1) is 8.16. The summed E-state index contributed by atoms with van der Waals surface area (Å²) in [6, 6.07) is 5.02. The van der Waals surface area contributed by atoms with Gasteiger partial charge in [-0.3, -0.25) is 0 Å². The topological polar surface area (TPSA) is 46.2 Å². The maximum absolute atomic E-state index is 12.5. The van der Waals surface area contributed by atoms with Crippen molar-refractivity contribution in [1.82, 2.24) is 0 Å². The van der Waals surface area contributed by atoms with Crippen molar-refractivity contribution in [2.45, 2.75) is 24.3 Å². The Morgan fingerprint density at radius 3 is 2.28 bits per heavy atom. The number of alkyl halides is 3. The Labute approximate surface area is 104 Å². The van der Waals surface area contributed by atoms with Gasteiger partial charge in [-0.05, 0) is 18.1 Å². The molecule has 1 aromatic rings. The van der Waals surface area contributed by atoms with Crippen molar-refractivity contribution in [3.8, 4) is 0 Å². The fourth-order valence-corrected chi connectivity index (χ4v) is 2.22. The Morgan fingerprint density at radius 1 is 1.22 bits per heavy atom. The lowest BCUT2D eigenvalue weighted by molar-refractivity contribution is -0.0435. The summed E-state index contributed by atoms with van der Waals surface area (Å²) in [7, 11) is -5.32. The predicted octanol–water partition coefficient (Wildman–Crippen LogP) is 3.05. The second-order valence-electron chi connectivity index (χ2n) is 4.22. The van der Waals surface area contributed by atoms with Crippen LogP contribution in [0.25, 0.3) is 0 Å². The fraction of sp³-hybridized carbons (Fsp3) is 0.455. The molecule has 0 amide bonds. The highest BCUT2D eigenvalue weighted by molar-refractivity contribution is 7.92. The van der Waals surface area contributed by atoms with E-state index in [-0.39, 0.29) is 11.6 Å². The smallest absolute Gasteiger partial charge is 0.384 e. The first-order valence-electron chi connectivity index (χ1n) is 5.30. The molecule has 0 saturated heterocycles. The minimum atomic E-state index is -5.32. The van der Waals surface area contributed by atoms with E-state index in [1.165, 1.54) is 18.2 Å². The lowest BCUT2D eigenvalue weighted by Gasteiger charge is -2.15. The average Bonchev–Trinajstić information content (AvgIpc) is 2.25. The van der Waals surface area contributed by atoms with Gasteiger partial charge in [-0.15, -0.1) is 0 Å². The van der Waals surface area contributed by atoms with Crippen LogP contribution in [-0.4, -0.2) is 20.5 Å². The summed E-state index contributed by atoms with van der Waals surface area (Å²) in [6.45, 7) is 4.13. The maximum atomic E-state index is 12.5. The van der Waals surface area contributed by atoms with Crippen molar-refractivity contribution >= 4 is 15.5 Å². The third-order valence-corrected chi connectivity index (χ3v) is 3.73. The van der Waals surface area contributed by atoms with Gasteiger partial charge in [0.1, 0.15) is 0 Å². The molecule has 0 unspecified atom stereocenters. The lowest BCUT2D eigenvalue weighted by Crippen LogP contribution is -2.24. The highest BCUT2D eigenvalue weighted by atomic mass is 32.2. The summed E-state index contributed by atoms with van der Waals surface area (Å²) in [5.41, 5.74) is -5.31. The van der Waals surface area contributed by atoms with Gasteiger partial charge in [0.25, 0.3) is 9.84 Å². The summed E-state index contributed by atoms with van der Waals surface area (Å²) in [5.74, 6) is 0.187. The van der Waals surface area contributed by atoms with Crippen molar-refractivity contribution in [1.29, 1.82) is 0 Å². The molecule has 102 valence electrons. The van der Waals surface area contributed by atoms with E-state index in [0.29, 0.717) is 6.54 Å². The molecule has 1 aromatic carbocycles. The molecule has 0 aromatic heterocycles. The summed E-state index contributed by atoms with van der Waals surface area (Å²) in [6.07, 6.45) is 0. The second kappa shape index (κ2) is 5.17. The number of hydrogen-bond acceptors (Lipinski definition) is 3. The number of para-hydroxylation sites is 1. The van der Waals surface area contributed by atoms with Crippen LogP contribution in [0.2, 0.25) is 0 Å². The zero-order valence-corrected chi connectivity index (χ0v) is 10.8. The van der Waals surface area contributed by atoms with E-state index >= 15 is 0 Å². The Bertz CT molecular complexity index is 509. The summed E-state index contributed by atoms with van der Waals surface area (Å²) < 4.78 is 60.2. The molecule has 0 fully saturated rings. The zero-order chi connectivity index (χ0) is 14.0. The number of rotatable bonds is 4. The fourth-order valence-electron chi connectivity index (χ4n) is 1.29. The van der Waals surface area contributed by atoms with Crippen LogP contribution in [0, 0.1) is 5.92 Å². The van der Waals surface area contributed by atoms with Crippen LogP contribution in [0.5, 0.6) is 0 Å². The van der Waals surface area contributed by atoms with Gasteiger partial charge >= 0.3 is 5.51 Å². The van der Waals surface area contributed by atoms with E-state index < -0.39 is 20.2 Å². The average molecular weight is 281 g/mol. The van der Waals surface area contributed by atoms with Crippen molar-refractivity contribution in [2.75, 3.05) is 11.9 Å². The molecule has 0 spiro atoms. The molecule has 0 aliphatic heterocycles. The summed E-state index contributed by atoms with van der Waals surface area (Å²) in [5, 5.41) is 2.71. The van der Waals surface area contributed by atoms with E-state index in [2.05, 4.69) is 5.32 Å². The van der Waals surface area contributed by atoms with Crippen LogP contribution in [0.15, 0.2) is 29.2 Å². The van der Waals surface area contributed by atoms with Crippen LogP contribution in [-0.2, 0) is 9.84 Å². The zero-order valence-electron chi connectivity index (χ0n) is 9.95. The Morgan fingerprint density at radius 2 is 1.78 bits per heavy atom. The van der Waals surface area contributed by atoms with Crippen LogP contribution >= 0.6 is 0 Å². The van der Waals surface area contributed by atoms with Crippen LogP contribution in [0.3, 0.4) is 0 Å². The minimum Gasteiger partial charge on any atom is -0.384 e. The molecule has 3 nitrogen and oxygen atoms in total. The Kier molecular flexibility index (Phi) is 4.26. The SMILES string of the molecule is CC(C)CNc1ccccc1S(=O)(=O)C(F)(F)F. The largest absolute Gasteiger partial charge is 0.501 e. The molecule has 0 heterocycles. The summed E-state index contributed by atoms with van der Waals surface area (Å²) >= 11 is 0. The number of sulfone groups is 1. The van der Waals surface area contributed by atoms with E-state index in [4.69, 9.17) is 0 Å². The monoisotopic (exact) mass is 281 g/mol. The van der Waals surface area contributed by atoms with Crippen LogP contribution < -0.4 is 5.32 Å². The normalized spacial score (nSPS) is 12.8. The van der Waals surface area contributed by atoms with E-state index in [1.807, 2.05) is 13.8 Å². The predicted molar refractivity (Wildman–Crippen MR) is 63.0 cm³/mol. The molecule has 0 saturated carbocycles. The molecule has 0 bridgehead atoms. The number of hydrogen-bond donors (Lipinski definition) is 1. The highest BCUT2D eigenvalue weighted by Gasteiger charge is 2.47. The number of halogens is 3. The summed E-state index contributed by atoms with van der Waals surface area (Å²) in [4.78, 5) is -0.738. The molecule has 1 rings (SSSR count). The minimum absolute atomic E-state index is 0.0245. The standard InChI is InChI=1S/C11H14F3NO2S/c1-8(2)7-15-9-5-3-4-6-10(9)18(16,17)11(12,13)14/h3-6,8,15H,7H2,1-2H3. The van der Waals surface area contributed by atoms with Gasteiger partial charge < -0.3 is 5.32 Å². The third-order valence-electron chi connectivity index (χ3n) is 2.18. The van der Waals surface area contributed by atoms with Gasteiger partial charge in [0, 0.05) is 6.54 Å². The van der Waals surface area contributed by atoms with Gasteiger partial charge in [0.05, 0.1) is 10.6 Å². The Hall–Kier alpha value is -1.24. The molecule has 7 heteroatoms. The van der Waals surface area contributed by atoms with E-state index in [9.17, 15) is 21.6 Å². The van der Waals surface area contributed by atoms with Gasteiger partial charge in [-0.1, -0.05) is 26.0 Å². The maximum Gasteiger partial charge on any atom is 0.501 e. The van der Waals surface area contributed by atoms with E-state index in [0.717, 1.165) is 6.07 Å². The molecule has 0 aliphatic carbocycles. The first-order valence-corrected chi connectivity index (χ1v) is 6.79. The van der Waals surface area contributed by atoms with Crippen molar-refractivity contribution in [3.05, 3.63) is 24.3 Å². The second-order valence-corrected chi connectivity index (χ2v) is 6.13. The van der Waals surface area contributed by atoms with Crippen molar-refractivity contribution in [3.63, 3.8) is 0 Å². The number of benzene rings is 1. The molecule has 0 atom stereocenters. The van der Waals surface area contributed by atoms with E-state index in [1.54, 1.807) is 0 Å². The molecule has 1 N–H and O–H groups in total. The molecule has 0 radical (unpaired) electrons. The van der Waals surface area contributed by atoms with Crippen LogP contribution in [0.1, 0.15) is 13.8 Å². The van der Waals surface area contributed by atoms with Gasteiger partial charge in [0.2, 0.25) is 0 Å². The van der Waals surface area contributed by atoms with Crippen LogP contribution in [0.4, 0.5) is 18.9 Å². The molecule has 0 aliphatic rings. The highest BCUT2D eigenvalue weighted by Crippen LogP contribution is 2.34. The molecular formula is C11H14F3NO2S. The number of anilines is 1. The first kappa shape index (κ1) is 14.8. The molecular weight excluding hydrogens is 267 g/mol. The van der Waals surface area contributed by atoms with Gasteiger partial charge in [-0.2, -0.15) is 13.2 Å². The molecule has 18 heavy (non-hydrogen) atoms. The quantitative estimate of drug-likeness (QED) is 0.922. The van der Waals surface area contributed by atoms with Crippen molar-refractivity contribution in [2.24, 2.45) is 5.92 Å². The van der Waals surface area contributed by atoms with Crippen molar-refractivity contribution < 1.29 is 21.6 Å². The third kappa shape index (κ3) is 3.16. The van der Waals surface area contributed by atoms with Gasteiger partial charge in [0.15, 0.2) is 0 Å². The Balaban J connectivity index is 3.18. The lowest BCUT2D eigenvalue weighted by atomic mass is 10.2.